The fourth-order valence-electron chi connectivity index (χ4n) is 1.81. The maximum Gasteiger partial charge on any atom is 0.309 e. The molecular weight excluding hydrogens is 214 g/mol. The summed E-state index contributed by atoms with van der Waals surface area (Å²) in [5.41, 5.74) is 0. The van der Waals surface area contributed by atoms with Crippen LogP contribution in [0.2, 0.25) is 0 Å². The van der Waals surface area contributed by atoms with Crippen LogP contribution in [0.3, 0.4) is 0 Å². The molecule has 1 atom stereocenters. The van der Waals surface area contributed by atoms with Crippen molar-refractivity contribution in [2.24, 2.45) is 17.8 Å². The van der Waals surface area contributed by atoms with Crippen molar-refractivity contribution in [3.63, 3.8) is 0 Å². The standard InChI is InChI=1S/C14H29NO2/c1-11(2)10-13(12(3)4)14(16)17-9-7-8-15(5)6/h11-13H,7-10H2,1-6H3. The molecule has 0 heterocycles. The molecule has 0 saturated carbocycles. The van der Waals surface area contributed by atoms with Crippen molar-refractivity contribution in [1.82, 2.24) is 4.90 Å². The highest BCUT2D eigenvalue weighted by atomic mass is 16.5. The van der Waals surface area contributed by atoms with Gasteiger partial charge in [0.05, 0.1) is 12.5 Å². The van der Waals surface area contributed by atoms with E-state index in [-0.39, 0.29) is 11.9 Å². The van der Waals surface area contributed by atoms with Crippen LogP contribution in [0.15, 0.2) is 0 Å². The predicted molar refractivity (Wildman–Crippen MR) is 71.9 cm³/mol. The maximum absolute atomic E-state index is 11.9. The molecule has 0 radical (unpaired) electrons. The van der Waals surface area contributed by atoms with E-state index in [1.54, 1.807) is 0 Å². The summed E-state index contributed by atoms with van der Waals surface area (Å²) < 4.78 is 5.35. The fraction of sp³-hybridized carbons (Fsp3) is 0.929. The van der Waals surface area contributed by atoms with Gasteiger partial charge in [-0.1, -0.05) is 27.7 Å². The van der Waals surface area contributed by atoms with Crippen LogP contribution in [0.5, 0.6) is 0 Å². The molecule has 3 heteroatoms. The van der Waals surface area contributed by atoms with Gasteiger partial charge in [-0.3, -0.25) is 4.79 Å². The van der Waals surface area contributed by atoms with Gasteiger partial charge >= 0.3 is 5.97 Å². The molecular formula is C14H29NO2. The second-order valence-electron chi connectivity index (χ2n) is 5.80. The van der Waals surface area contributed by atoms with Crippen LogP contribution in [0.4, 0.5) is 0 Å². The first-order valence-corrected chi connectivity index (χ1v) is 6.66. The van der Waals surface area contributed by atoms with Gasteiger partial charge in [0.1, 0.15) is 0 Å². The number of carbonyl (C=O) groups is 1. The van der Waals surface area contributed by atoms with E-state index in [4.69, 9.17) is 4.74 Å². The second-order valence-corrected chi connectivity index (χ2v) is 5.80. The summed E-state index contributed by atoms with van der Waals surface area (Å²) in [4.78, 5) is 14.0. The molecule has 0 aliphatic carbocycles. The molecule has 17 heavy (non-hydrogen) atoms. The van der Waals surface area contributed by atoms with E-state index in [2.05, 4.69) is 32.6 Å². The van der Waals surface area contributed by atoms with Crippen LogP contribution in [-0.4, -0.2) is 38.1 Å². The smallest absolute Gasteiger partial charge is 0.309 e. The first-order valence-electron chi connectivity index (χ1n) is 6.66. The molecule has 0 aromatic rings. The summed E-state index contributed by atoms with van der Waals surface area (Å²) in [7, 11) is 4.05. The Morgan fingerprint density at radius 3 is 2.18 bits per heavy atom. The first kappa shape index (κ1) is 16.4. The summed E-state index contributed by atoms with van der Waals surface area (Å²) in [6, 6.07) is 0. The Hall–Kier alpha value is -0.570. The topological polar surface area (TPSA) is 29.5 Å². The van der Waals surface area contributed by atoms with Crippen LogP contribution >= 0.6 is 0 Å². The third kappa shape index (κ3) is 8.19. The van der Waals surface area contributed by atoms with Crippen LogP contribution in [-0.2, 0) is 9.53 Å². The van der Waals surface area contributed by atoms with Crippen LogP contribution in [0.25, 0.3) is 0 Å². The van der Waals surface area contributed by atoms with E-state index in [0.717, 1.165) is 19.4 Å². The molecule has 0 aromatic heterocycles. The Labute approximate surface area is 107 Å². The van der Waals surface area contributed by atoms with Gasteiger partial charge in [0.2, 0.25) is 0 Å². The molecule has 0 amide bonds. The SMILES string of the molecule is CC(C)CC(C(=O)OCCCN(C)C)C(C)C. The van der Waals surface area contributed by atoms with Crippen molar-refractivity contribution in [1.29, 1.82) is 0 Å². The Kier molecular flexibility index (Phi) is 8.23. The summed E-state index contributed by atoms with van der Waals surface area (Å²) in [5, 5.41) is 0. The molecule has 0 aliphatic rings. The van der Waals surface area contributed by atoms with Gasteiger partial charge in [0.15, 0.2) is 0 Å². The van der Waals surface area contributed by atoms with Crippen molar-refractivity contribution >= 4 is 5.97 Å². The molecule has 0 aliphatic heterocycles. The molecule has 0 bridgehead atoms. The van der Waals surface area contributed by atoms with Crippen molar-refractivity contribution in [2.75, 3.05) is 27.2 Å². The third-order valence-corrected chi connectivity index (χ3v) is 2.83. The summed E-state index contributed by atoms with van der Waals surface area (Å²) in [5.74, 6) is 0.928. The third-order valence-electron chi connectivity index (χ3n) is 2.83. The minimum absolute atomic E-state index is 0.0209. The molecule has 3 nitrogen and oxygen atoms in total. The van der Waals surface area contributed by atoms with Gasteiger partial charge < -0.3 is 9.64 Å². The number of hydrogen-bond donors (Lipinski definition) is 0. The maximum atomic E-state index is 11.9. The molecule has 1 unspecified atom stereocenters. The van der Waals surface area contributed by atoms with E-state index in [1.165, 1.54) is 0 Å². The highest BCUT2D eigenvalue weighted by Gasteiger charge is 2.24. The largest absolute Gasteiger partial charge is 0.465 e. The molecule has 0 spiro atoms. The number of nitrogens with zero attached hydrogens (tertiary/aromatic N) is 1. The van der Waals surface area contributed by atoms with Crippen LogP contribution in [0.1, 0.15) is 40.5 Å². The Balaban J connectivity index is 3.98. The molecule has 102 valence electrons. The number of esters is 1. The van der Waals surface area contributed by atoms with Crippen LogP contribution < -0.4 is 0 Å². The normalized spacial score (nSPS) is 13.5. The lowest BCUT2D eigenvalue weighted by Crippen LogP contribution is -2.25. The Morgan fingerprint density at radius 1 is 1.18 bits per heavy atom. The van der Waals surface area contributed by atoms with Gasteiger partial charge in [0.25, 0.3) is 0 Å². The number of hydrogen-bond acceptors (Lipinski definition) is 3. The monoisotopic (exact) mass is 243 g/mol. The summed E-state index contributed by atoms with van der Waals surface area (Å²) in [6.45, 7) is 9.98. The average molecular weight is 243 g/mol. The zero-order valence-electron chi connectivity index (χ0n) is 12.3. The van der Waals surface area contributed by atoms with Crippen molar-refractivity contribution in [3.8, 4) is 0 Å². The Bertz CT molecular complexity index is 212. The summed E-state index contributed by atoms with van der Waals surface area (Å²) >= 11 is 0. The highest BCUT2D eigenvalue weighted by molar-refractivity contribution is 5.72. The predicted octanol–water partition coefficient (Wildman–Crippen LogP) is 2.80. The number of ether oxygens (including phenoxy) is 1. The average Bonchev–Trinajstić information content (AvgIpc) is 2.19. The lowest BCUT2D eigenvalue weighted by molar-refractivity contribution is -0.151. The van der Waals surface area contributed by atoms with Gasteiger partial charge in [0, 0.05) is 6.54 Å². The van der Waals surface area contributed by atoms with Gasteiger partial charge in [-0.2, -0.15) is 0 Å². The number of rotatable bonds is 8. The van der Waals surface area contributed by atoms with Gasteiger partial charge in [-0.15, -0.1) is 0 Å². The minimum atomic E-state index is -0.0209. The first-order chi connectivity index (χ1) is 7.84. The molecule has 0 aromatic carbocycles. The quantitative estimate of drug-likeness (QED) is 0.485. The van der Waals surface area contributed by atoms with E-state index >= 15 is 0 Å². The van der Waals surface area contributed by atoms with Crippen LogP contribution in [0, 0.1) is 17.8 Å². The van der Waals surface area contributed by atoms with E-state index in [9.17, 15) is 4.79 Å². The van der Waals surface area contributed by atoms with Gasteiger partial charge in [-0.05, 0) is 38.8 Å². The van der Waals surface area contributed by atoms with E-state index in [1.807, 2.05) is 14.1 Å². The second kappa shape index (κ2) is 8.51. The molecule has 0 fully saturated rings. The molecule has 0 saturated heterocycles. The summed E-state index contributed by atoms with van der Waals surface area (Å²) in [6.07, 6.45) is 1.83. The lowest BCUT2D eigenvalue weighted by atomic mass is 9.88. The Morgan fingerprint density at radius 2 is 1.76 bits per heavy atom. The van der Waals surface area contributed by atoms with Crippen molar-refractivity contribution in [3.05, 3.63) is 0 Å². The lowest BCUT2D eigenvalue weighted by Gasteiger charge is -2.21. The van der Waals surface area contributed by atoms with E-state index < -0.39 is 0 Å². The zero-order valence-corrected chi connectivity index (χ0v) is 12.3. The highest BCUT2D eigenvalue weighted by Crippen LogP contribution is 2.21. The van der Waals surface area contributed by atoms with Crippen molar-refractivity contribution in [2.45, 2.75) is 40.5 Å². The van der Waals surface area contributed by atoms with Gasteiger partial charge in [-0.25, -0.2) is 0 Å². The minimum Gasteiger partial charge on any atom is -0.465 e. The van der Waals surface area contributed by atoms with Crippen molar-refractivity contribution < 1.29 is 9.53 Å². The number of carbonyl (C=O) groups excluding carboxylic acids is 1. The molecule has 0 rings (SSSR count). The zero-order chi connectivity index (χ0) is 13.4. The molecule has 0 N–H and O–H groups in total. The fourth-order valence-corrected chi connectivity index (χ4v) is 1.81. The van der Waals surface area contributed by atoms with E-state index in [0.29, 0.717) is 18.4 Å².